The van der Waals surface area contributed by atoms with Crippen LogP contribution in [0.4, 0.5) is 0 Å². The van der Waals surface area contributed by atoms with Gasteiger partial charge in [0, 0.05) is 22.7 Å². The molecular formula is C22H27N3O4S2. The van der Waals surface area contributed by atoms with E-state index in [0.717, 1.165) is 21.9 Å². The molecule has 2 aliphatic carbocycles. The molecule has 2 heterocycles. The van der Waals surface area contributed by atoms with Crippen molar-refractivity contribution in [1.29, 1.82) is 0 Å². The van der Waals surface area contributed by atoms with Gasteiger partial charge in [-0.3, -0.25) is 4.40 Å². The third-order valence-electron chi connectivity index (χ3n) is 6.24. The largest absolute Gasteiger partial charge is 0.495 e. The number of aromatic nitrogens is 2. The number of aliphatic hydroxyl groups excluding tert-OH is 1. The van der Waals surface area contributed by atoms with Crippen LogP contribution in [0.25, 0.3) is 16.2 Å². The van der Waals surface area contributed by atoms with Gasteiger partial charge < -0.3 is 9.84 Å². The molecule has 166 valence electrons. The van der Waals surface area contributed by atoms with E-state index in [1.807, 2.05) is 13.0 Å². The third kappa shape index (κ3) is 4.00. The molecule has 0 amide bonds. The van der Waals surface area contributed by atoms with Gasteiger partial charge in [0.25, 0.3) is 0 Å². The Labute approximate surface area is 186 Å². The number of aryl methyl sites for hydroxylation is 1. The zero-order chi connectivity index (χ0) is 21.8. The summed E-state index contributed by atoms with van der Waals surface area (Å²) in [4.78, 5) is 7.12. The number of thiazole rings is 1. The number of nitrogens with one attached hydrogen (secondary N) is 1. The first kappa shape index (κ1) is 20.9. The summed E-state index contributed by atoms with van der Waals surface area (Å²) in [6.45, 7) is 1.95. The maximum atomic E-state index is 13.3. The van der Waals surface area contributed by atoms with Crippen LogP contribution in [0.3, 0.4) is 0 Å². The van der Waals surface area contributed by atoms with Crippen LogP contribution in [-0.4, -0.2) is 42.2 Å². The van der Waals surface area contributed by atoms with E-state index in [2.05, 4.69) is 15.3 Å². The highest BCUT2D eigenvalue weighted by Gasteiger charge is 2.29. The third-order valence-corrected chi connectivity index (χ3v) is 8.93. The Morgan fingerprint density at radius 1 is 1.19 bits per heavy atom. The summed E-state index contributed by atoms with van der Waals surface area (Å²) in [5.41, 5.74) is 2.58. The van der Waals surface area contributed by atoms with E-state index in [1.165, 1.54) is 24.8 Å². The Hall–Kier alpha value is -1.94. The van der Waals surface area contributed by atoms with Gasteiger partial charge in [0.15, 0.2) is 4.96 Å². The second-order valence-corrected chi connectivity index (χ2v) is 11.3. The van der Waals surface area contributed by atoms with Crippen LogP contribution in [0.15, 0.2) is 29.3 Å². The molecule has 7 nitrogen and oxygen atoms in total. The molecule has 2 aromatic heterocycles. The molecule has 2 saturated carbocycles. The van der Waals surface area contributed by atoms with Gasteiger partial charge in [-0.25, -0.2) is 18.1 Å². The molecular weight excluding hydrogens is 434 g/mol. The predicted molar refractivity (Wildman–Crippen MR) is 120 cm³/mol. The quantitative estimate of drug-likeness (QED) is 0.582. The van der Waals surface area contributed by atoms with Crippen LogP contribution < -0.4 is 9.46 Å². The predicted octanol–water partition coefficient (Wildman–Crippen LogP) is 3.84. The van der Waals surface area contributed by atoms with E-state index in [9.17, 15) is 13.5 Å². The number of rotatable bonds is 6. The lowest BCUT2D eigenvalue weighted by Crippen LogP contribution is -2.38. The second-order valence-electron chi connectivity index (χ2n) is 8.60. The highest BCUT2D eigenvalue weighted by molar-refractivity contribution is 7.89. The lowest BCUT2D eigenvalue weighted by atomic mass is 9.94. The molecule has 0 unspecified atom stereocenters. The number of sulfonamides is 1. The Kier molecular flexibility index (Phi) is 5.32. The monoisotopic (exact) mass is 461 g/mol. The van der Waals surface area contributed by atoms with Crippen molar-refractivity contribution >= 4 is 26.3 Å². The minimum Gasteiger partial charge on any atom is -0.495 e. The van der Waals surface area contributed by atoms with Crippen molar-refractivity contribution in [2.45, 2.75) is 68.4 Å². The van der Waals surface area contributed by atoms with Gasteiger partial charge in [-0.15, -0.1) is 11.3 Å². The fraction of sp³-hybridized carbons (Fsp3) is 0.500. The standard InChI is InChI=1S/C22H27N3O4S2/c1-13-21(25-12-19(14-3-4-14)30-22(25)23-13)15-5-10-18(29-2)20(11-15)31(27,28)24-16-6-8-17(26)9-7-16/h5,10-12,14,16-17,24,26H,3-4,6-9H2,1-2H3/t16-,17+. The summed E-state index contributed by atoms with van der Waals surface area (Å²) in [5, 5.41) is 9.71. The Morgan fingerprint density at radius 2 is 1.94 bits per heavy atom. The summed E-state index contributed by atoms with van der Waals surface area (Å²) in [6, 6.07) is 5.11. The van der Waals surface area contributed by atoms with E-state index in [1.54, 1.807) is 23.5 Å². The molecule has 2 fully saturated rings. The van der Waals surface area contributed by atoms with Crippen molar-refractivity contribution in [3.05, 3.63) is 35.0 Å². The zero-order valence-corrected chi connectivity index (χ0v) is 19.3. The van der Waals surface area contributed by atoms with Gasteiger partial charge >= 0.3 is 0 Å². The first-order valence-corrected chi connectivity index (χ1v) is 13.0. The maximum absolute atomic E-state index is 13.3. The fourth-order valence-corrected chi connectivity index (χ4v) is 7.08. The van der Waals surface area contributed by atoms with E-state index in [4.69, 9.17) is 9.72 Å². The molecule has 0 aliphatic heterocycles. The summed E-state index contributed by atoms with van der Waals surface area (Å²) in [5.74, 6) is 0.958. The lowest BCUT2D eigenvalue weighted by Gasteiger charge is -2.26. The molecule has 5 rings (SSSR count). The van der Waals surface area contributed by atoms with E-state index >= 15 is 0 Å². The molecule has 0 atom stereocenters. The Balaban J connectivity index is 1.53. The first-order chi connectivity index (χ1) is 14.9. The summed E-state index contributed by atoms with van der Waals surface area (Å²) in [7, 11) is -2.30. The Morgan fingerprint density at radius 3 is 2.61 bits per heavy atom. The lowest BCUT2D eigenvalue weighted by molar-refractivity contribution is 0.120. The van der Waals surface area contributed by atoms with Crippen molar-refractivity contribution in [3.63, 3.8) is 0 Å². The number of hydrogen-bond acceptors (Lipinski definition) is 6. The van der Waals surface area contributed by atoms with Gasteiger partial charge in [0.1, 0.15) is 10.6 Å². The molecule has 3 aromatic rings. The molecule has 2 N–H and O–H groups in total. The van der Waals surface area contributed by atoms with Crippen LogP contribution in [0.5, 0.6) is 5.75 Å². The number of benzene rings is 1. The second kappa shape index (κ2) is 7.88. The SMILES string of the molecule is COc1ccc(-c2c(C)nc3sc(C4CC4)cn23)cc1S(=O)(=O)N[C@H]1CC[C@@H](O)CC1. The molecule has 1 aromatic carbocycles. The van der Waals surface area contributed by atoms with Crippen LogP contribution >= 0.6 is 11.3 Å². The van der Waals surface area contributed by atoms with E-state index in [-0.39, 0.29) is 17.0 Å². The molecule has 9 heteroatoms. The molecule has 0 bridgehead atoms. The minimum atomic E-state index is -3.78. The fourth-order valence-electron chi connectivity index (χ4n) is 4.39. The Bertz CT molecular complexity index is 1220. The molecule has 0 spiro atoms. The molecule has 2 aliphatic rings. The number of imidazole rings is 1. The molecule has 0 saturated heterocycles. The van der Waals surface area contributed by atoms with Gasteiger partial charge in [-0.1, -0.05) is 0 Å². The highest BCUT2D eigenvalue weighted by atomic mass is 32.2. The highest BCUT2D eigenvalue weighted by Crippen LogP contribution is 2.44. The minimum absolute atomic E-state index is 0.130. The topological polar surface area (TPSA) is 92.9 Å². The number of methoxy groups -OCH3 is 1. The zero-order valence-electron chi connectivity index (χ0n) is 17.7. The maximum Gasteiger partial charge on any atom is 0.244 e. The smallest absolute Gasteiger partial charge is 0.244 e. The van der Waals surface area contributed by atoms with Crippen molar-refractivity contribution in [1.82, 2.24) is 14.1 Å². The van der Waals surface area contributed by atoms with Crippen molar-refractivity contribution in [3.8, 4) is 17.0 Å². The number of fused-ring (bicyclic) bond motifs is 1. The van der Waals surface area contributed by atoms with Crippen LogP contribution in [0, 0.1) is 6.92 Å². The summed E-state index contributed by atoms with van der Waals surface area (Å²) < 4.78 is 36.8. The number of aliphatic hydroxyl groups is 1. The summed E-state index contributed by atoms with van der Waals surface area (Å²) >= 11 is 1.71. The van der Waals surface area contributed by atoms with Gasteiger partial charge in [-0.05, 0) is 69.6 Å². The average Bonchev–Trinajstić information content (AvgIpc) is 3.44. The first-order valence-electron chi connectivity index (χ1n) is 10.7. The van der Waals surface area contributed by atoms with Crippen LogP contribution in [0.2, 0.25) is 0 Å². The number of ether oxygens (including phenoxy) is 1. The van der Waals surface area contributed by atoms with E-state index < -0.39 is 10.0 Å². The van der Waals surface area contributed by atoms with Crippen LogP contribution in [-0.2, 0) is 10.0 Å². The normalized spacial score (nSPS) is 22.2. The number of hydrogen-bond donors (Lipinski definition) is 2. The van der Waals surface area contributed by atoms with Gasteiger partial charge in [-0.2, -0.15) is 0 Å². The van der Waals surface area contributed by atoms with Gasteiger partial charge in [0.2, 0.25) is 10.0 Å². The summed E-state index contributed by atoms with van der Waals surface area (Å²) in [6.07, 6.45) is 6.75. The van der Waals surface area contributed by atoms with Crippen molar-refractivity contribution in [2.24, 2.45) is 0 Å². The molecule has 0 radical (unpaired) electrons. The molecule has 31 heavy (non-hydrogen) atoms. The van der Waals surface area contributed by atoms with Crippen molar-refractivity contribution in [2.75, 3.05) is 7.11 Å². The van der Waals surface area contributed by atoms with Crippen molar-refractivity contribution < 1.29 is 18.3 Å². The number of nitrogens with zero attached hydrogens (tertiary/aromatic N) is 2. The van der Waals surface area contributed by atoms with E-state index in [0.29, 0.717) is 37.4 Å². The van der Waals surface area contributed by atoms with Crippen LogP contribution in [0.1, 0.15) is 55.0 Å². The van der Waals surface area contributed by atoms with Gasteiger partial charge in [0.05, 0.1) is 24.6 Å². The average molecular weight is 462 g/mol.